The summed E-state index contributed by atoms with van der Waals surface area (Å²) in [6, 6.07) is 6.60. The topological polar surface area (TPSA) is 85.3 Å². The van der Waals surface area contributed by atoms with E-state index in [1.54, 1.807) is 53.7 Å². The van der Waals surface area contributed by atoms with Crippen LogP contribution < -0.4 is 15.4 Å². The lowest BCUT2D eigenvalue weighted by molar-refractivity contribution is -0.115. The van der Waals surface area contributed by atoms with Crippen molar-refractivity contribution in [1.82, 2.24) is 14.9 Å². The smallest absolute Gasteiger partial charge is 0.253 e. The van der Waals surface area contributed by atoms with Gasteiger partial charge in [-0.05, 0) is 31.0 Å². The number of carbonyl (C=O) groups excluding carboxylic acids is 2. The van der Waals surface area contributed by atoms with Gasteiger partial charge in [-0.15, -0.1) is 11.3 Å². The third-order valence-electron chi connectivity index (χ3n) is 4.31. The van der Waals surface area contributed by atoms with Crippen LogP contribution in [0, 0.1) is 5.82 Å². The Balaban J connectivity index is 1.36. The molecule has 1 fully saturated rings. The summed E-state index contributed by atoms with van der Waals surface area (Å²) in [4.78, 5) is 28.4. The van der Waals surface area contributed by atoms with Crippen LogP contribution in [-0.4, -0.2) is 34.0 Å². The van der Waals surface area contributed by atoms with Crippen molar-refractivity contribution >= 4 is 28.3 Å². The molecule has 0 radical (unpaired) electrons. The van der Waals surface area contributed by atoms with Crippen LogP contribution in [0.5, 0.6) is 5.75 Å². The third kappa shape index (κ3) is 4.62. The van der Waals surface area contributed by atoms with E-state index in [1.165, 1.54) is 11.3 Å². The lowest BCUT2D eigenvalue weighted by Gasteiger charge is -2.08. The van der Waals surface area contributed by atoms with Crippen LogP contribution in [0.1, 0.15) is 23.2 Å². The molecule has 0 saturated heterocycles. The van der Waals surface area contributed by atoms with Crippen molar-refractivity contribution in [2.45, 2.75) is 18.9 Å². The molecule has 7 nitrogen and oxygen atoms in total. The number of ether oxygens (including phenoxy) is 1. The lowest BCUT2D eigenvalue weighted by atomic mass is 10.1. The molecule has 2 heterocycles. The molecule has 9 heteroatoms. The minimum atomic E-state index is -0.460. The van der Waals surface area contributed by atoms with E-state index in [2.05, 4.69) is 15.6 Å². The Kier molecular flexibility index (Phi) is 5.30. The first-order valence-corrected chi connectivity index (χ1v) is 9.98. The predicted molar refractivity (Wildman–Crippen MR) is 108 cm³/mol. The number of thiazole rings is 1. The van der Waals surface area contributed by atoms with Crippen LogP contribution in [0.2, 0.25) is 0 Å². The predicted octanol–water partition coefficient (Wildman–Crippen LogP) is 3.20. The Labute approximate surface area is 170 Å². The van der Waals surface area contributed by atoms with Crippen LogP contribution in [0.25, 0.3) is 11.3 Å². The second kappa shape index (κ2) is 8.04. The highest BCUT2D eigenvalue weighted by molar-refractivity contribution is 7.14. The zero-order chi connectivity index (χ0) is 20.4. The Hall–Kier alpha value is -3.20. The van der Waals surface area contributed by atoms with Gasteiger partial charge in [0, 0.05) is 30.4 Å². The summed E-state index contributed by atoms with van der Waals surface area (Å²) in [5, 5.41) is 7.15. The number of aryl methyl sites for hydroxylation is 1. The fourth-order valence-electron chi connectivity index (χ4n) is 2.68. The first kappa shape index (κ1) is 19.1. The number of rotatable bonds is 7. The summed E-state index contributed by atoms with van der Waals surface area (Å²) >= 11 is 1.18. The minimum Gasteiger partial charge on any atom is -0.487 e. The fourth-order valence-corrected chi connectivity index (χ4v) is 3.41. The number of nitrogens with zero attached hydrogens (tertiary/aromatic N) is 2. The van der Waals surface area contributed by atoms with Gasteiger partial charge in [-0.2, -0.15) is 0 Å². The van der Waals surface area contributed by atoms with Gasteiger partial charge >= 0.3 is 0 Å². The van der Waals surface area contributed by atoms with E-state index < -0.39 is 11.7 Å². The molecular formula is C20H19FN4O3S. The number of halogens is 1. The molecule has 2 amide bonds. The molecule has 0 atom stereocenters. The average Bonchev–Trinajstić information content (AvgIpc) is 3.21. The van der Waals surface area contributed by atoms with Gasteiger partial charge < -0.3 is 19.9 Å². The third-order valence-corrected chi connectivity index (χ3v) is 5.07. The molecule has 29 heavy (non-hydrogen) atoms. The minimum absolute atomic E-state index is 0.0936. The quantitative estimate of drug-likeness (QED) is 0.622. The number of carbonyl (C=O) groups is 2. The number of anilines is 1. The Morgan fingerprint density at radius 2 is 2.17 bits per heavy atom. The number of benzene rings is 1. The standard InChI is InChI=1S/C20H19FN4O3S/c1-25-8-7-12(10-25)19(27)22-9-17(26)24-20-23-15(11-29-20)14-3-2-4-16(18(14)21)28-13-5-6-13/h2-4,7-8,10-11,13H,5-6,9H2,1H3,(H,22,27)(H,23,24,26). The number of hydrogen-bond acceptors (Lipinski definition) is 5. The Morgan fingerprint density at radius 1 is 1.34 bits per heavy atom. The summed E-state index contributed by atoms with van der Waals surface area (Å²) in [7, 11) is 1.81. The first-order chi connectivity index (χ1) is 14.0. The van der Waals surface area contributed by atoms with Crippen LogP contribution in [0.3, 0.4) is 0 Å². The summed E-state index contributed by atoms with van der Waals surface area (Å²) in [6.07, 6.45) is 5.39. The van der Waals surface area contributed by atoms with Crippen molar-refractivity contribution in [2.24, 2.45) is 7.05 Å². The molecule has 1 saturated carbocycles. The van der Waals surface area contributed by atoms with E-state index in [-0.39, 0.29) is 24.3 Å². The molecule has 2 N–H and O–H groups in total. The highest BCUT2D eigenvalue weighted by Crippen LogP contribution is 2.34. The van der Waals surface area contributed by atoms with E-state index >= 15 is 0 Å². The van der Waals surface area contributed by atoms with Gasteiger partial charge in [-0.25, -0.2) is 9.37 Å². The molecule has 4 rings (SSSR count). The molecule has 2 aromatic heterocycles. The number of hydrogen-bond donors (Lipinski definition) is 2. The summed E-state index contributed by atoms with van der Waals surface area (Å²) in [5.41, 5.74) is 1.20. The molecule has 0 spiro atoms. The highest BCUT2D eigenvalue weighted by Gasteiger charge is 2.25. The molecule has 3 aromatic rings. The summed E-state index contributed by atoms with van der Waals surface area (Å²) in [5.74, 6) is -0.999. The zero-order valence-corrected chi connectivity index (χ0v) is 16.5. The van der Waals surface area contributed by atoms with Gasteiger partial charge in [0.05, 0.1) is 23.9 Å². The van der Waals surface area contributed by atoms with Gasteiger partial charge in [-0.1, -0.05) is 6.07 Å². The van der Waals surface area contributed by atoms with Crippen molar-refractivity contribution in [3.8, 4) is 17.0 Å². The highest BCUT2D eigenvalue weighted by atomic mass is 32.1. The summed E-state index contributed by atoms with van der Waals surface area (Å²) in [6.45, 7) is -0.193. The molecular weight excluding hydrogens is 395 g/mol. The number of aromatic nitrogens is 2. The van der Waals surface area contributed by atoms with Gasteiger partial charge in [0.25, 0.3) is 5.91 Å². The molecule has 1 aliphatic rings. The fraction of sp³-hybridized carbons (Fsp3) is 0.250. The van der Waals surface area contributed by atoms with Crippen LogP contribution >= 0.6 is 11.3 Å². The molecule has 0 bridgehead atoms. The van der Waals surface area contributed by atoms with Gasteiger partial charge in [0.2, 0.25) is 5.91 Å². The Morgan fingerprint density at radius 3 is 2.90 bits per heavy atom. The maximum atomic E-state index is 14.7. The molecule has 0 unspecified atom stereocenters. The first-order valence-electron chi connectivity index (χ1n) is 9.10. The van der Waals surface area contributed by atoms with Gasteiger partial charge in [0.1, 0.15) is 0 Å². The van der Waals surface area contributed by atoms with Crippen molar-refractivity contribution < 1.29 is 18.7 Å². The zero-order valence-electron chi connectivity index (χ0n) is 15.6. The number of nitrogens with one attached hydrogen (secondary N) is 2. The number of amides is 2. The van der Waals surface area contributed by atoms with Crippen LogP contribution in [0.4, 0.5) is 9.52 Å². The largest absolute Gasteiger partial charge is 0.487 e. The second-order valence-electron chi connectivity index (χ2n) is 6.77. The molecule has 1 aromatic carbocycles. The maximum absolute atomic E-state index is 14.7. The SMILES string of the molecule is Cn1ccc(C(=O)NCC(=O)Nc2nc(-c3cccc(OC4CC4)c3F)cs2)c1. The van der Waals surface area contributed by atoms with E-state index in [4.69, 9.17) is 4.74 Å². The Bertz CT molecular complexity index is 1060. The van der Waals surface area contributed by atoms with Crippen molar-refractivity contribution in [2.75, 3.05) is 11.9 Å². The van der Waals surface area contributed by atoms with E-state index in [0.717, 1.165) is 12.8 Å². The van der Waals surface area contributed by atoms with Gasteiger partial charge in [-0.3, -0.25) is 9.59 Å². The average molecular weight is 414 g/mol. The van der Waals surface area contributed by atoms with E-state index in [1.807, 2.05) is 0 Å². The van der Waals surface area contributed by atoms with Crippen molar-refractivity contribution in [1.29, 1.82) is 0 Å². The van der Waals surface area contributed by atoms with E-state index in [0.29, 0.717) is 22.0 Å². The molecule has 150 valence electrons. The van der Waals surface area contributed by atoms with E-state index in [9.17, 15) is 14.0 Å². The molecule has 1 aliphatic carbocycles. The van der Waals surface area contributed by atoms with Crippen molar-refractivity contribution in [3.05, 3.63) is 53.4 Å². The second-order valence-corrected chi connectivity index (χ2v) is 7.63. The van der Waals surface area contributed by atoms with Crippen LogP contribution in [0.15, 0.2) is 42.0 Å². The summed E-state index contributed by atoms with van der Waals surface area (Å²) < 4.78 is 22.0. The lowest BCUT2D eigenvalue weighted by Crippen LogP contribution is -2.32. The van der Waals surface area contributed by atoms with Crippen molar-refractivity contribution in [3.63, 3.8) is 0 Å². The molecule has 0 aliphatic heterocycles. The van der Waals surface area contributed by atoms with Crippen LogP contribution in [-0.2, 0) is 11.8 Å². The normalized spacial score (nSPS) is 13.2. The maximum Gasteiger partial charge on any atom is 0.253 e. The monoisotopic (exact) mass is 414 g/mol. The van der Waals surface area contributed by atoms with Gasteiger partial charge in [0.15, 0.2) is 16.7 Å².